The number of nitrogens with one attached hydrogen (secondary N) is 1. The maximum atomic E-state index is 15.1. The number of carbonyl (C=O) groups is 1. The number of likely N-dealkylation sites (tertiary alicyclic amines) is 1. The van der Waals surface area contributed by atoms with Crippen LogP contribution >= 0.6 is 0 Å². The Kier molecular flexibility index (Phi) is 8.68. The van der Waals surface area contributed by atoms with E-state index in [9.17, 15) is 4.79 Å². The Morgan fingerprint density at radius 3 is 2.40 bits per heavy atom. The van der Waals surface area contributed by atoms with Crippen LogP contribution in [-0.2, 0) is 11.3 Å². The molecule has 1 N–H and O–H groups in total. The maximum Gasteiger partial charge on any atom is 0.410 e. The SMILES string of the molecule is CCN(Cc1cnc(Nc2cc(-c3cc(F)c4nc(C)n(C(C)C)c4c3)c(F)cn2)nc1)[C@]1(C)CN(C(=O)OC(C)(C)C)CCC12CC2. The van der Waals surface area contributed by atoms with Crippen molar-refractivity contribution in [3.8, 4) is 11.1 Å². The molecule has 1 aliphatic heterocycles. The normalized spacial score (nSPS) is 19.0. The third-order valence-electron chi connectivity index (χ3n) is 10.0. The van der Waals surface area contributed by atoms with Crippen LogP contribution in [0, 0.1) is 24.0 Å². The first-order valence-corrected chi connectivity index (χ1v) is 16.8. The van der Waals surface area contributed by atoms with Gasteiger partial charge in [0.15, 0.2) is 5.82 Å². The smallest absolute Gasteiger partial charge is 0.410 e. The van der Waals surface area contributed by atoms with Crippen molar-refractivity contribution >= 4 is 28.9 Å². The van der Waals surface area contributed by atoms with E-state index in [0.717, 1.165) is 37.6 Å². The van der Waals surface area contributed by atoms with Gasteiger partial charge in [0.05, 0.1) is 11.7 Å². The second-order valence-electron chi connectivity index (χ2n) is 14.8. The first-order chi connectivity index (χ1) is 22.6. The van der Waals surface area contributed by atoms with Gasteiger partial charge in [0, 0.05) is 54.7 Å². The van der Waals surface area contributed by atoms with Gasteiger partial charge in [-0.15, -0.1) is 0 Å². The van der Waals surface area contributed by atoms with Crippen molar-refractivity contribution in [2.24, 2.45) is 5.41 Å². The number of aryl methyl sites for hydroxylation is 1. The summed E-state index contributed by atoms with van der Waals surface area (Å²) in [5, 5.41) is 3.07. The lowest BCUT2D eigenvalue weighted by atomic mass is 9.75. The zero-order chi connectivity index (χ0) is 34.6. The van der Waals surface area contributed by atoms with Gasteiger partial charge in [-0.3, -0.25) is 4.90 Å². The Labute approximate surface area is 280 Å². The number of nitrogens with zero attached hydrogens (tertiary/aromatic N) is 7. The van der Waals surface area contributed by atoms with Crippen LogP contribution in [0.25, 0.3) is 22.2 Å². The summed E-state index contributed by atoms with van der Waals surface area (Å²) in [6.07, 6.45) is 7.64. The van der Waals surface area contributed by atoms with E-state index in [1.54, 1.807) is 18.5 Å². The van der Waals surface area contributed by atoms with E-state index < -0.39 is 17.2 Å². The first-order valence-electron chi connectivity index (χ1n) is 16.8. The van der Waals surface area contributed by atoms with Crippen molar-refractivity contribution in [2.45, 2.75) is 98.4 Å². The van der Waals surface area contributed by atoms with Crippen LogP contribution in [0.15, 0.2) is 36.8 Å². The average Bonchev–Trinajstić information content (AvgIpc) is 3.72. The first kappa shape index (κ1) is 33.7. The van der Waals surface area contributed by atoms with E-state index in [4.69, 9.17) is 4.74 Å². The molecule has 1 saturated carbocycles. The van der Waals surface area contributed by atoms with E-state index in [0.29, 0.717) is 48.3 Å². The Balaban J connectivity index is 1.19. The Bertz CT molecular complexity index is 1830. The van der Waals surface area contributed by atoms with Gasteiger partial charge in [-0.25, -0.2) is 33.5 Å². The van der Waals surface area contributed by atoms with E-state index >= 15 is 8.78 Å². The number of likely N-dealkylation sites (N-methyl/N-ethyl adjacent to an activating group) is 1. The Morgan fingerprint density at radius 2 is 1.77 bits per heavy atom. The summed E-state index contributed by atoms with van der Waals surface area (Å²) in [7, 11) is 0. The number of anilines is 2. The highest BCUT2D eigenvalue weighted by atomic mass is 19.1. The lowest BCUT2D eigenvalue weighted by Crippen LogP contribution is -2.63. The van der Waals surface area contributed by atoms with Gasteiger partial charge in [-0.1, -0.05) is 6.92 Å². The van der Waals surface area contributed by atoms with Crippen molar-refractivity contribution in [1.29, 1.82) is 0 Å². The fourth-order valence-electron chi connectivity index (χ4n) is 7.37. The lowest BCUT2D eigenvalue weighted by molar-refractivity contribution is -0.0481. The van der Waals surface area contributed by atoms with E-state index in [-0.39, 0.29) is 34.2 Å². The van der Waals surface area contributed by atoms with Crippen molar-refractivity contribution < 1.29 is 18.3 Å². The van der Waals surface area contributed by atoms with Crippen LogP contribution in [-0.4, -0.2) is 71.2 Å². The number of hydrogen-bond donors (Lipinski definition) is 1. The van der Waals surface area contributed by atoms with Crippen molar-refractivity contribution in [1.82, 2.24) is 34.3 Å². The standard InChI is InChI=1S/C36H46F2N8O2/c1-9-45(35(8)21-44(13-12-36(35)10-11-36)33(47)48-34(5,6)7)20-24-17-40-32(41-18-24)43-30-16-26(28(38)19-39-30)25-14-27(37)31-29(15-25)46(22(2)3)23(4)42-31/h14-19,22H,9-13,20-21H2,1-8H3,(H,39,40,41,43)/t35-/m1/s1. The number of imidazole rings is 1. The molecule has 1 aliphatic carbocycles. The second kappa shape index (κ2) is 12.4. The molecule has 4 heterocycles. The molecule has 48 heavy (non-hydrogen) atoms. The molecule has 2 aliphatic rings. The van der Waals surface area contributed by atoms with Gasteiger partial charge in [0.1, 0.15) is 28.6 Å². The molecule has 1 atom stereocenters. The summed E-state index contributed by atoms with van der Waals surface area (Å²) < 4.78 is 37.9. The molecule has 12 heteroatoms. The molecule has 0 bridgehead atoms. The van der Waals surface area contributed by atoms with Crippen molar-refractivity contribution in [3.05, 3.63) is 59.8 Å². The molecular weight excluding hydrogens is 614 g/mol. The highest BCUT2D eigenvalue weighted by molar-refractivity contribution is 5.84. The van der Waals surface area contributed by atoms with Crippen LogP contribution in [0.2, 0.25) is 0 Å². The fourth-order valence-corrected chi connectivity index (χ4v) is 7.37. The number of benzene rings is 1. The van der Waals surface area contributed by atoms with Crippen LogP contribution in [0.5, 0.6) is 0 Å². The molecule has 3 aromatic heterocycles. The molecule has 1 aromatic carbocycles. The minimum Gasteiger partial charge on any atom is -0.444 e. The monoisotopic (exact) mass is 660 g/mol. The topological polar surface area (TPSA) is 101 Å². The van der Waals surface area contributed by atoms with Gasteiger partial charge in [0.25, 0.3) is 0 Å². The van der Waals surface area contributed by atoms with Gasteiger partial charge >= 0.3 is 6.09 Å². The van der Waals surface area contributed by atoms with Crippen molar-refractivity contribution in [3.63, 3.8) is 0 Å². The molecule has 0 radical (unpaired) electrons. The van der Waals surface area contributed by atoms with Gasteiger partial charge in [-0.05, 0) is 103 Å². The predicted octanol–water partition coefficient (Wildman–Crippen LogP) is 7.80. The molecule has 0 unspecified atom stereocenters. The third-order valence-corrected chi connectivity index (χ3v) is 10.0. The Hall–Kier alpha value is -4.19. The predicted molar refractivity (Wildman–Crippen MR) is 182 cm³/mol. The molecule has 6 rings (SSSR count). The molecule has 4 aromatic rings. The number of ether oxygens (including phenoxy) is 1. The summed E-state index contributed by atoms with van der Waals surface area (Å²) >= 11 is 0. The molecule has 1 amide bonds. The highest BCUT2D eigenvalue weighted by Gasteiger charge is 2.61. The molecule has 1 spiro atoms. The Morgan fingerprint density at radius 1 is 1.06 bits per heavy atom. The second-order valence-corrected chi connectivity index (χ2v) is 14.8. The molecular formula is C36H46F2N8O2. The number of fused-ring (bicyclic) bond motifs is 1. The highest BCUT2D eigenvalue weighted by Crippen LogP contribution is 2.61. The third kappa shape index (κ3) is 6.34. The zero-order valence-electron chi connectivity index (χ0n) is 29.2. The number of pyridine rings is 1. The summed E-state index contributed by atoms with van der Waals surface area (Å²) in [5.74, 6) is 0.246. The lowest BCUT2D eigenvalue weighted by Gasteiger charge is -2.53. The number of aromatic nitrogens is 5. The van der Waals surface area contributed by atoms with Crippen molar-refractivity contribution in [2.75, 3.05) is 25.0 Å². The zero-order valence-corrected chi connectivity index (χ0v) is 29.2. The molecule has 2 fully saturated rings. The van der Waals surface area contributed by atoms with Crippen LogP contribution in [0.3, 0.4) is 0 Å². The quantitative estimate of drug-likeness (QED) is 0.204. The van der Waals surface area contributed by atoms with Gasteiger partial charge < -0.3 is 19.5 Å². The fraction of sp³-hybridized carbons (Fsp3) is 0.528. The summed E-state index contributed by atoms with van der Waals surface area (Å²) in [4.78, 5) is 35.0. The maximum absolute atomic E-state index is 15.1. The summed E-state index contributed by atoms with van der Waals surface area (Å²) in [5.41, 5.74) is 1.79. The number of rotatable bonds is 8. The summed E-state index contributed by atoms with van der Waals surface area (Å²) in [6.45, 7) is 18.7. The largest absolute Gasteiger partial charge is 0.444 e. The van der Waals surface area contributed by atoms with Gasteiger partial charge in [-0.2, -0.15) is 0 Å². The van der Waals surface area contributed by atoms with Crippen LogP contribution < -0.4 is 5.32 Å². The minimum atomic E-state index is -0.572. The van der Waals surface area contributed by atoms with Crippen LogP contribution in [0.1, 0.15) is 85.2 Å². The number of hydrogen-bond acceptors (Lipinski definition) is 8. The number of carbonyl (C=O) groups excluding carboxylic acids is 1. The molecule has 10 nitrogen and oxygen atoms in total. The van der Waals surface area contributed by atoms with E-state index in [1.165, 1.54) is 12.1 Å². The molecule has 1 saturated heterocycles. The number of piperidine rings is 1. The van der Waals surface area contributed by atoms with Gasteiger partial charge in [0.2, 0.25) is 5.95 Å². The average molecular weight is 661 g/mol. The van der Waals surface area contributed by atoms with E-state index in [2.05, 4.69) is 44.0 Å². The molecule has 256 valence electrons. The summed E-state index contributed by atoms with van der Waals surface area (Å²) in [6, 6.07) is 4.65. The van der Waals surface area contributed by atoms with E-state index in [1.807, 2.05) is 51.0 Å². The number of halogens is 2. The van der Waals surface area contributed by atoms with Crippen LogP contribution in [0.4, 0.5) is 25.3 Å². The minimum absolute atomic E-state index is 0.0565. The number of amides is 1.